The molecule has 0 N–H and O–H groups in total. The lowest BCUT2D eigenvalue weighted by molar-refractivity contribution is -0.547. The Balaban J connectivity index is 1.59. The van der Waals surface area contributed by atoms with E-state index in [1.165, 1.54) is 0 Å². The van der Waals surface area contributed by atoms with Crippen LogP contribution in [-0.4, -0.2) is 32.6 Å². The van der Waals surface area contributed by atoms with E-state index in [4.69, 9.17) is 18.9 Å². The van der Waals surface area contributed by atoms with Crippen LogP contribution in [0.5, 0.6) is 0 Å². The fraction of sp³-hybridized carbons (Fsp3) is 0.867. The Bertz CT molecular complexity index is 312. The largest absolute Gasteiger partial charge is 0.412 e. The second-order valence-electron chi connectivity index (χ2n) is 6.24. The Morgan fingerprint density at radius 1 is 0.789 bits per heavy atom. The average molecular weight is 268 g/mol. The van der Waals surface area contributed by atoms with Gasteiger partial charge in [-0.1, -0.05) is 26.0 Å². The van der Waals surface area contributed by atoms with E-state index in [2.05, 4.69) is 26.0 Å². The molecule has 0 amide bonds. The molecule has 4 nitrogen and oxygen atoms in total. The van der Waals surface area contributed by atoms with Gasteiger partial charge in [-0.15, -0.1) is 0 Å². The first kappa shape index (κ1) is 13.6. The van der Waals surface area contributed by atoms with Gasteiger partial charge in [0.25, 0.3) is 0 Å². The van der Waals surface area contributed by atoms with Gasteiger partial charge in [-0.25, -0.2) is 0 Å². The standard InChI is InChI=1S/C15H24O4/c1-3-13(4-2)9-16-15(17-10-13)18-11-14(12-19-15)7-5-6-8-14/h5-6H,3-4,7-12H2,1-2H3. The zero-order valence-electron chi connectivity index (χ0n) is 11.9. The van der Waals surface area contributed by atoms with E-state index in [1.807, 2.05) is 0 Å². The predicted octanol–water partition coefficient (Wildman–Crippen LogP) is 2.83. The Labute approximate surface area is 115 Å². The molecule has 0 aromatic heterocycles. The minimum absolute atomic E-state index is 0.113. The Kier molecular flexibility index (Phi) is 3.46. The van der Waals surface area contributed by atoms with E-state index in [0.717, 1.165) is 25.7 Å². The molecule has 2 saturated heterocycles. The minimum Gasteiger partial charge on any atom is -0.303 e. The zero-order valence-corrected chi connectivity index (χ0v) is 11.9. The number of rotatable bonds is 2. The van der Waals surface area contributed by atoms with Crippen LogP contribution in [0.25, 0.3) is 0 Å². The van der Waals surface area contributed by atoms with Gasteiger partial charge in [-0.3, -0.25) is 0 Å². The van der Waals surface area contributed by atoms with Crippen LogP contribution in [0.1, 0.15) is 39.5 Å². The molecule has 3 rings (SSSR count). The summed E-state index contributed by atoms with van der Waals surface area (Å²) >= 11 is 0. The van der Waals surface area contributed by atoms with Crippen molar-refractivity contribution < 1.29 is 18.9 Å². The average Bonchev–Trinajstić information content (AvgIpc) is 2.93. The van der Waals surface area contributed by atoms with E-state index in [9.17, 15) is 0 Å². The molecular weight excluding hydrogens is 244 g/mol. The summed E-state index contributed by atoms with van der Waals surface area (Å²) in [4.78, 5) is 0. The van der Waals surface area contributed by atoms with Crippen LogP contribution >= 0.6 is 0 Å². The van der Waals surface area contributed by atoms with Crippen molar-refractivity contribution in [3.8, 4) is 0 Å². The fourth-order valence-corrected chi connectivity index (χ4v) is 2.94. The van der Waals surface area contributed by atoms with Gasteiger partial charge in [0, 0.05) is 10.8 Å². The van der Waals surface area contributed by atoms with Gasteiger partial charge in [0.2, 0.25) is 0 Å². The molecule has 0 atom stereocenters. The first-order chi connectivity index (χ1) is 9.16. The van der Waals surface area contributed by atoms with Crippen LogP contribution in [0.4, 0.5) is 0 Å². The number of allylic oxidation sites excluding steroid dienone is 2. The molecule has 0 unspecified atom stereocenters. The van der Waals surface area contributed by atoms with E-state index < -0.39 is 6.16 Å². The van der Waals surface area contributed by atoms with Gasteiger partial charge in [-0.2, -0.15) is 0 Å². The highest BCUT2D eigenvalue weighted by Gasteiger charge is 2.51. The van der Waals surface area contributed by atoms with E-state index >= 15 is 0 Å². The van der Waals surface area contributed by atoms with Crippen LogP contribution in [0.2, 0.25) is 0 Å². The second kappa shape index (κ2) is 4.85. The second-order valence-corrected chi connectivity index (χ2v) is 6.24. The number of hydrogen-bond donors (Lipinski definition) is 0. The van der Waals surface area contributed by atoms with Crippen molar-refractivity contribution in [2.24, 2.45) is 10.8 Å². The quantitative estimate of drug-likeness (QED) is 0.722. The maximum atomic E-state index is 5.82. The summed E-state index contributed by atoms with van der Waals surface area (Å²) in [7, 11) is 0. The molecule has 0 bridgehead atoms. The molecule has 108 valence electrons. The normalized spacial score (nSPS) is 31.1. The summed E-state index contributed by atoms with van der Waals surface area (Å²) in [6.45, 7) is 6.93. The lowest BCUT2D eigenvalue weighted by Crippen LogP contribution is -2.57. The molecular formula is C15H24O4. The third-order valence-corrected chi connectivity index (χ3v) is 4.99. The van der Waals surface area contributed by atoms with Gasteiger partial charge in [0.05, 0.1) is 26.4 Å². The minimum atomic E-state index is -1.23. The molecule has 0 radical (unpaired) electrons. The van der Waals surface area contributed by atoms with Crippen molar-refractivity contribution in [3.05, 3.63) is 12.2 Å². The summed E-state index contributed by atoms with van der Waals surface area (Å²) in [5, 5.41) is 0. The van der Waals surface area contributed by atoms with Crippen LogP contribution in [0.15, 0.2) is 12.2 Å². The Morgan fingerprint density at radius 3 is 1.74 bits per heavy atom. The predicted molar refractivity (Wildman–Crippen MR) is 70.4 cm³/mol. The Morgan fingerprint density at radius 2 is 1.26 bits per heavy atom. The molecule has 3 aliphatic rings. The smallest absolute Gasteiger partial charge is 0.303 e. The summed E-state index contributed by atoms with van der Waals surface area (Å²) in [5.41, 5.74) is 0.226. The monoisotopic (exact) mass is 268 g/mol. The lowest BCUT2D eigenvalue weighted by atomic mass is 9.83. The van der Waals surface area contributed by atoms with Crippen LogP contribution in [0.3, 0.4) is 0 Å². The number of hydrogen-bond acceptors (Lipinski definition) is 4. The van der Waals surface area contributed by atoms with Crippen molar-refractivity contribution in [2.75, 3.05) is 26.4 Å². The van der Waals surface area contributed by atoms with Crippen LogP contribution in [-0.2, 0) is 18.9 Å². The molecule has 19 heavy (non-hydrogen) atoms. The van der Waals surface area contributed by atoms with Crippen molar-refractivity contribution in [3.63, 3.8) is 0 Å². The SMILES string of the molecule is CCC1(CC)COC2(OC1)OCC1(CC=CC1)CO2. The van der Waals surface area contributed by atoms with Gasteiger partial charge in [-0.05, 0) is 25.7 Å². The maximum absolute atomic E-state index is 5.82. The van der Waals surface area contributed by atoms with Crippen LogP contribution in [0, 0.1) is 10.8 Å². The molecule has 4 heteroatoms. The lowest BCUT2D eigenvalue weighted by Gasteiger charge is -2.48. The van der Waals surface area contributed by atoms with Gasteiger partial charge >= 0.3 is 6.16 Å². The number of ether oxygens (including phenoxy) is 4. The summed E-state index contributed by atoms with van der Waals surface area (Å²) in [5.74, 6) is 0. The molecule has 0 aromatic rings. The molecule has 2 aliphatic heterocycles. The highest BCUT2D eigenvalue weighted by atomic mass is 17.0. The van der Waals surface area contributed by atoms with Crippen LogP contribution < -0.4 is 0 Å². The van der Waals surface area contributed by atoms with Crippen molar-refractivity contribution in [1.82, 2.24) is 0 Å². The molecule has 1 aliphatic carbocycles. The molecule has 2 spiro atoms. The fourth-order valence-electron chi connectivity index (χ4n) is 2.94. The van der Waals surface area contributed by atoms with E-state index in [-0.39, 0.29) is 10.8 Å². The van der Waals surface area contributed by atoms with E-state index in [0.29, 0.717) is 26.4 Å². The van der Waals surface area contributed by atoms with Gasteiger partial charge < -0.3 is 18.9 Å². The van der Waals surface area contributed by atoms with Gasteiger partial charge in [0.1, 0.15) is 0 Å². The van der Waals surface area contributed by atoms with Gasteiger partial charge in [0.15, 0.2) is 0 Å². The third kappa shape index (κ3) is 2.35. The summed E-state index contributed by atoms with van der Waals surface area (Å²) < 4.78 is 23.3. The third-order valence-electron chi connectivity index (χ3n) is 4.99. The maximum Gasteiger partial charge on any atom is 0.412 e. The van der Waals surface area contributed by atoms with Crippen molar-refractivity contribution in [2.45, 2.75) is 45.7 Å². The van der Waals surface area contributed by atoms with Crippen molar-refractivity contribution >= 4 is 0 Å². The molecule has 2 heterocycles. The molecule has 0 aromatic carbocycles. The summed E-state index contributed by atoms with van der Waals surface area (Å²) in [6, 6.07) is 0. The topological polar surface area (TPSA) is 36.9 Å². The van der Waals surface area contributed by atoms with E-state index in [1.54, 1.807) is 0 Å². The highest BCUT2D eigenvalue weighted by molar-refractivity contribution is 5.04. The first-order valence-corrected chi connectivity index (χ1v) is 7.36. The van der Waals surface area contributed by atoms with Crippen molar-refractivity contribution in [1.29, 1.82) is 0 Å². The molecule has 2 fully saturated rings. The Hall–Kier alpha value is -0.420. The first-order valence-electron chi connectivity index (χ1n) is 7.36. The highest BCUT2D eigenvalue weighted by Crippen LogP contribution is 2.44. The zero-order chi connectivity index (χ0) is 13.4. The molecule has 0 saturated carbocycles. The summed E-state index contributed by atoms with van der Waals surface area (Å²) in [6.07, 6.45) is 7.31.